The Balaban J connectivity index is 2.03. The van der Waals surface area contributed by atoms with Crippen molar-refractivity contribution < 1.29 is 19.4 Å². The minimum absolute atomic E-state index is 0.218. The fourth-order valence-corrected chi connectivity index (χ4v) is 1.58. The molecule has 1 heterocycles. The van der Waals surface area contributed by atoms with Gasteiger partial charge in [0.2, 0.25) is 0 Å². The predicted molar refractivity (Wildman–Crippen MR) is 55.5 cm³/mol. The Morgan fingerprint density at radius 2 is 2.40 bits per heavy atom. The summed E-state index contributed by atoms with van der Waals surface area (Å²) in [5.41, 5.74) is 0. The molecule has 0 aromatic carbocycles. The lowest BCUT2D eigenvalue weighted by molar-refractivity contribution is -0.147. The van der Waals surface area contributed by atoms with Crippen molar-refractivity contribution in [1.82, 2.24) is 0 Å². The first-order chi connectivity index (χ1) is 7.24. The van der Waals surface area contributed by atoms with Crippen molar-refractivity contribution in [2.45, 2.75) is 51.2 Å². The van der Waals surface area contributed by atoms with Gasteiger partial charge >= 0.3 is 5.97 Å². The first kappa shape index (κ1) is 12.5. The summed E-state index contributed by atoms with van der Waals surface area (Å²) in [4.78, 5) is 10.8. The van der Waals surface area contributed by atoms with Gasteiger partial charge in [0.15, 0.2) is 0 Å². The molecule has 15 heavy (non-hydrogen) atoms. The molecule has 0 bridgehead atoms. The molecule has 0 aromatic rings. The molecule has 1 N–H and O–H groups in total. The molecule has 1 saturated heterocycles. The Kier molecular flexibility index (Phi) is 5.65. The Hall–Kier alpha value is -0.610. The highest BCUT2D eigenvalue weighted by molar-refractivity contribution is 5.71. The van der Waals surface area contributed by atoms with Crippen LogP contribution in [-0.2, 0) is 14.3 Å². The number of unbranched alkanes of at least 4 members (excludes halogenated alkanes) is 2. The SMILES string of the molecule is CCCCCOC[C@@H](O)[C@H]1CCC(=O)O1. The zero-order valence-corrected chi connectivity index (χ0v) is 9.28. The van der Waals surface area contributed by atoms with Crippen molar-refractivity contribution in [3.63, 3.8) is 0 Å². The number of hydrogen-bond donors (Lipinski definition) is 1. The summed E-state index contributed by atoms with van der Waals surface area (Å²) in [6.07, 6.45) is 3.33. The van der Waals surface area contributed by atoms with Crippen LogP contribution in [0.4, 0.5) is 0 Å². The molecular weight excluding hydrogens is 196 g/mol. The number of carbonyl (C=O) groups is 1. The van der Waals surface area contributed by atoms with E-state index in [0.717, 1.165) is 19.3 Å². The maximum absolute atomic E-state index is 10.8. The maximum atomic E-state index is 10.8. The van der Waals surface area contributed by atoms with Crippen LogP contribution in [0.15, 0.2) is 0 Å². The molecule has 0 amide bonds. The van der Waals surface area contributed by atoms with E-state index in [-0.39, 0.29) is 18.7 Å². The molecule has 1 fully saturated rings. The largest absolute Gasteiger partial charge is 0.459 e. The molecule has 0 unspecified atom stereocenters. The summed E-state index contributed by atoms with van der Waals surface area (Å²) in [6, 6.07) is 0. The zero-order valence-electron chi connectivity index (χ0n) is 9.28. The van der Waals surface area contributed by atoms with Gasteiger partial charge in [-0.25, -0.2) is 0 Å². The third kappa shape index (κ3) is 4.62. The van der Waals surface area contributed by atoms with E-state index in [0.29, 0.717) is 19.4 Å². The maximum Gasteiger partial charge on any atom is 0.306 e. The van der Waals surface area contributed by atoms with Crippen LogP contribution in [-0.4, -0.2) is 36.5 Å². The second-order valence-corrected chi connectivity index (χ2v) is 3.92. The van der Waals surface area contributed by atoms with Crippen LogP contribution >= 0.6 is 0 Å². The topological polar surface area (TPSA) is 55.8 Å². The normalized spacial score (nSPS) is 22.8. The number of rotatable bonds is 7. The van der Waals surface area contributed by atoms with E-state index in [1.54, 1.807) is 0 Å². The highest BCUT2D eigenvalue weighted by Crippen LogP contribution is 2.17. The third-order valence-electron chi connectivity index (χ3n) is 2.53. The molecule has 1 aliphatic heterocycles. The van der Waals surface area contributed by atoms with Crippen LogP contribution in [0.2, 0.25) is 0 Å². The van der Waals surface area contributed by atoms with Crippen LogP contribution in [0.3, 0.4) is 0 Å². The summed E-state index contributed by atoms with van der Waals surface area (Å²) in [7, 11) is 0. The monoisotopic (exact) mass is 216 g/mol. The minimum Gasteiger partial charge on any atom is -0.459 e. The van der Waals surface area contributed by atoms with Gasteiger partial charge in [-0.15, -0.1) is 0 Å². The van der Waals surface area contributed by atoms with Gasteiger partial charge in [-0.1, -0.05) is 19.8 Å². The first-order valence-corrected chi connectivity index (χ1v) is 5.69. The number of aliphatic hydroxyl groups excluding tert-OH is 1. The number of cyclic esters (lactones) is 1. The average molecular weight is 216 g/mol. The molecule has 0 saturated carbocycles. The summed E-state index contributed by atoms with van der Waals surface area (Å²) in [6.45, 7) is 3.07. The molecule has 4 heteroatoms. The van der Waals surface area contributed by atoms with E-state index in [1.165, 1.54) is 0 Å². The Labute approximate surface area is 90.6 Å². The van der Waals surface area contributed by atoms with Crippen LogP contribution in [0, 0.1) is 0 Å². The van der Waals surface area contributed by atoms with Crippen LogP contribution in [0.25, 0.3) is 0 Å². The summed E-state index contributed by atoms with van der Waals surface area (Å²) in [5.74, 6) is -0.218. The van der Waals surface area contributed by atoms with Crippen molar-refractivity contribution in [2.75, 3.05) is 13.2 Å². The quantitative estimate of drug-likeness (QED) is 0.514. The number of ether oxygens (including phenoxy) is 2. The lowest BCUT2D eigenvalue weighted by Crippen LogP contribution is -2.30. The van der Waals surface area contributed by atoms with E-state index >= 15 is 0 Å². The smallest absolute Gasteiger partial charge is 0.306 e. The van der Waals surface area contributed by atoms with Crippen molar-refractivity contribution >= 4 is 5.97 Å². The minimum atomic E-state index is -0.668. The Bertz CT molecular complexity index is 193. The van der Waals surface area contributed by atoms with Gasteiger partial charge < -0.3 is 14.6 Å². The molecule has 0 aliphatic carbocycles. The number of esters is 1. The van der Waals surface area contributed by atoms with Crippen LogP contribution in [0.5, 0.6) is 0 Å². The average Bonchev–Trinajstić information content (AvgIpc) is 2.64. The standard InChI is InChI=1S/C11H20O4/c1-2-3-4-7-14-8-9(12)10-5-6-11(13)15-10/h9-10,12H,2-8H2,1H3/t9-,10-/m1/s1. The van der Waals surface area contributed by atoms with Crippen molar-refractivity contribution in [1.29, 1.82) is 0 Å². The lowest BCUT2D eigenvalue weighted by Gasteiger charge is -2.16. The number of carbonyl (C=O) groups excluding carboxylic acids is 1. The van der Waals surface area contributed by atoms with Gasteiger partial charge in [0, 0.05) is 13.0 Å². The van der Waals surface area contributed by atoms with Crippen molar-refractivity contribution in [3.8, 4) is 0 Å². The van der Waals surface area contributed by atoms with E-state index in [2.05, 4.69) is 6.92 Å². The lowest BCUT2D eigenvalue weighted by atomic mass is 10.1. The van der Waals surface area contributed by atoms with E-state index < -0.39 is 6.10 Å². The number of aliphatic hydroxyl groups is 1. The highest BCUT2D eigenvalue weighted by Gasteiger charge is 2.29. The molecule has 0 radical (unpaired) electrons. The fourth-order valence-electron chi connectivity index (χ4n) is 1.58. The third-order valence-corrected chi connectivity index (χ3v) is 2.53. The molecule has 0 spiro atoms. The highest BCUT2D eigenvalue weighted by atomic mass is 16.6. The van der Waals surface area contributed by atoms with E-state index in [4.69, 9.17) is 9.47 Å². The Morgan fingerprint density at radius 1 is 1.60 bits per heavy atom. The summed E-state index contributed by atoms with van der Waals surface area (Å²) >= 11 is 0. The fraction of sp³-hybridized carbons (Fsp3) is 0.909. The first-order valence-electron chi connectivity index (χ1n) is 5.69. The van der Waals surface area contributed by atoms with Gasteiger partial charge in [0.1, 0.15) is 12.2 Å². The van der Waals surface area contributed by atoms with Crippen LogP contribution in [0.1, 0.15) is 39.0 Å². The molecule has 4 nitrogen and oxygen atoms in total. The second kappa shape index (κ2) is 6.80. The van der Waals surface area contributed by atoms with E-state index in [9.17, 15) is 9.90 Å². The summed E-state index contributed by atoms with van der Waals surface area (Å²) in [5, 5.41) is 9.62. The molecule has 0 aromatic heterocycles. The van der Waals surface area contributed by atoms with Gasteiger partial charge in [0.05, 0.1) is 6.61 Å². The van der Waals surface area contributed by atoms with Crippen LogP contribution < -0.4 is 0 Å². The van der Waals surface area contributed by atoms with Crippen molar-refractivity contribution in [3.05, 3.63) is 0 Å². The van der Waals surface area contributed by atoms with Gasteiger partial charge in [-0.3, -0.25) is 4.79 Å². The Morgan fingerprint density at radius 3 is 3.00 bits per heavy atom. The zero-order chi connectivity index (χ0) is 11.1. The van der Waals surface area contributed by atoms with Gasteiger partial charge in [0.25, 0.3) is 0 Å². The van der Waals surface area contributed by atoms with Gasteiger partial charge in [-0.05, 0) is 12.8 Å². The molecule has 1 aliphatic rings. The van der Waals surface area contributed by atoms with Crippen molar-refractivity contribution in [2.24, 2.45) is 0 Å². The molecular formula is C11H20O4. The van der Waals surface area contributed by atoms with Gasteiger partial charge in [-0.2, -0.15) is 0 Å². The number of hydrogen-bond acceptors (Lipinski definition) is 4. The summed E-state index contributed by atoms with van der Waals surface area (Å²) < 4.78 is 10.2. The molecule has 88 valence electrons. The predicted octanol–water partition coefficient (Wildman–Crippen LogP) is 1.26. The second-order valence-electron chi connectivity index (χ2n) is 3.92. The molecule has 2 atom stereocenters. The van der Waals surface area contributed by atoms with E-state index in [1.807, 2.05) is 0 Å². The molecule has 1 rings (SSSR count).